The fourth-order valence-corrected chi connectivity index (χ4v) is 3.87. The first-order valence-electron chi connectivity index (χ1n) is 8.74. The van der Waals surface area contributed by atoms with Crippen molar-refractivity contribution >= 4 is 23.2 Å². The van der Waals surface area contributed by atoms with E-state index in [4.69, 9.17) is 9.90 Å². The monoisotopic (exact) mass is 432 g/mol. The van der Waals surface area contributed by atoms with Gasteiger partial charge < -0.3 is 10.0 Å². The highest BCUT2D eigenvalue weighted by Crippen LogP contribution is 2.25. The zero-order valence-electron chi connectivity index (χ0n) is 16.6. The van der Waals surface area contributed by atoms with E-state index in [-0.39, 0.29) is 5.91 Å². The average Bonchev–Trinajstić information content (AvgIpc) is 3.17. The molecular formula is C18H23F3N4O3S. The van der Waals surface area contributed by atoms with Gasteiger partial charge in [0.25, 0.3) is 5.91 Å². The Labute approximate surface area is 170 Å². The number of carbonyl (C=O) groups is 2. The van der Waals surface area contributed by atoms with Crippen molar-refractivity contribution in [2.45, 2.75) is 32.6 Å². The molecule has 2 aromatic rings. The number of hydrogen-bond acceptors (Lipinski definition) is 5. The van der Waals surface area contributed by atoms with E-state index in [2.05, 4.69) is 29.1 Å². The van der Waals surface area contributed by atoms with Crippen molar-refractivity contribution in [1.29, 1.82) is 0 Å². The Kier molecular flexibility index (Phi) is 7.06. The van der Waals surface area contributed by atoms with E-state index in [1.165, 1.54) is 15.4 Å². The van der Waals surface area contributed by atoms with Crippen LogP contribution >= 0.6 is 11.3 Å². The minimum absolute atomic E-state index is 0.000758. The summed E-state index contributed by atoms with van der Waals surface area (Å²) in [7, 11) is 5.49. The molecule has 1 aliphatic rings. The lowest BCUT2D eigenvalue weighted by molar-refractivity contribution is -0.192. The molecule has 0 radical (unpaired) electrons. The summed E-state index contributed by atoms with van der Waals surface area (Å²) in [6, 6.07) is 4.38. The number of aromatic nitrogens is 2. The van der Waals surface area contributed by atoms with E-state index < -0.39 is 12.1 Å². The maximum absolute atomic E-state index is 12.2. The highest BCUT2D eigenvalue weighted by Gasteiger charge is 2.38. The van der Waals surface area contributed by atoms with Crippen LogP contribution in [0.3, 0.4) is 0 Å². The van der Waals surface area contributed by atoms with Gasteiger partial charge in [-0.05, 0) is 25.5 Å². The summed E-state index contributed by atoms with van der Waals surface area (Å²) >= 11 is 1.86. The molecule has 0 aliphatic carbocycles. The first kappa shape index (κ1) is 22.9. The number of halogens is 3. The Morgan fingerprint density at radius 2 is 1.93 bits per heavy atom. The molecule has 1 amide bonds. The SMILES string of the molecule is Cc1ccc(CN2CCc3c(C(=O)N(C)C)nn(C)c3C2)s1.O=C(O)C(F)(F)F. The first-order valence-corrected chi connectivity index (χ1v) is 9.56. The second-order valence-electron chi connectivity index (χ2n) is 6.87. The molecule has 0 bridgehead atoms. The average molecular weight is 432 g/mol. The Hall–Kier alpha value is -2.40. The van der Waals surface area contributed by atoms with Crippen LogP contribution < -0.4 is 0 Å². The van der Waals surface area contributed by atoms with Gasteiger partial charge in [0, 0.05) is 56.1 Å². The topological polar surface area (TPSA) is 78.7 Å². The Balaban J connectivity index is 0.000000370. The molecule has 2 aromatic heterocycles. The number of fused-ring (bicyclic) bond motifs is 1. The molecule has 7 nitrogen and oxygen atoms in total. The standard InChI is InChI=1S/C16H22N4OS.C2HF3O2/c1-11-5-6-12(22-11)9-20-8-7-13-14(10-20)19(4)17-15(13)16(21)18(2)3;3-2(4,5)1(6)7/h5-6H,7-10H2,1-4H3;(H,6,7). The van der Waals surface area contributed by atoms with Crippen LogP contribution in [-0.2, 0) is 31.4 Å². The highest BCUT2D eigenvalue weighted by molar-refractivity contribution is 7.11. The van der Waals surface area contributed by atoms with Gasteiger partial charge in [0.1, 0.15) is 0 Å². The van der Waals surface area contributed by atoms with Crippen molar-refractivity contribution in [3.05, 3.63) is 38.8 Å². The quantitative estimate of drug-likeness (QED) is 0.807. The number of nitrogens with zero attached hydrogens (tertiary/aromatic N) is 4. The van der Waals surface area contributed by atoms with Crippen LogP contribution in [0.5, 0.6) is 0 Å². The zero-order valence-corrected chi connectivity index (χ0v) is 17.4. The van der Waals surface area contributed by atoms with Gasteiger partial charge in [0.05, 0.1) is 5.69 Å². The fourth-order valence-electron chi connectivity index (χ4n) is 2.93. The molecule has 0 saturated carbocycles. The number of hydrogen-bond donors (Lipinski definition) is 1. The summed E-state index contributed by atoms with van der Waals surface area (Å²) in [4.78, 5) is 27.9. The third kappa shape index (κ3) is 5.80. The Morgan fingerprint density at radius 1 is 1.31 bits per heavy atom. The van der Waals surface area contributed by atoms with Gasteiger partial charge in [-0.15, -0.1) is 11.3 Å². The summed E-state index contributed by atoms with van der Waals surface area (Å²) in [5, 5.41) is 11.6. The van der Waals surface area contributed by atoms with Crippen molar-refractivity contribution in [2.75, 3.05) is 20.6 Å². The third-order valence-electron chi connectivity index (χ3n) is 4.35. The van der Waals surface area contributed by atoms with Gasteiger partial charge >= 0.3 is 12.1 Å². The molecule has 0 atom stereocenters. The van der Waals surface area contributed by atoms with Crippen LogP contribution in [0.15, 0.2) is 12.1 Å². The predicted octanol–water partition coefficient (Wildman–Crippen LogP) is 2.68. The number of rotatable bonds is 3. The van der Waals surface area contributed by atoms with Gasteiger partial charge in [-0.25, -0.2) is 4.79 Å². The smallest absolute Gasteiger partial charge is 0.475 e. The second kappa shape index (κ2) is 8.95. The maximum atomic E-state index is 12.2. The molecule has 11 heteroatoms. The number of thiophene rings is 1. The number of aliphatic carboxylic acids is 1. The Morgan fingerprint density at radius 3 is 2.41 bits per heavy atom. The molecule has 160 valence electrons. The molecule has 1 N–H and O–H groups in total. The van der Waals surface area contributed by atoms with Gasteiger partial charge in [-0.2, -0.15) is 18.3 Å². The summed E-state index contributed by atoms with van der Waals surface area (Å²) in [6.45, 7) is 4.95. The van der Waals surface area contributed by atoms with Crippen molar-refractivity contribution in [3.63, 3.8) is 0 Å². The third-order valence-corrected chi connectivity index (χ3v) is 5.34. The molecule has 0 unspecified atom stereocenters. The largest absolute Gasteiger partial charge is 0.490 e. The number of aryl methyl sites for hydroxylation is 2. The number of carboxylic acids is 1. The molecule has 0 saturated heterocycles. The van der Waals surface area contributed by atoms with Crippen LogP contribution in [0.4, 0.5) is 13.2 Å². The lowest BCUT2D eigenvalue weighted by Crippen LogP contribution is -2.31. The maximum Gasteiger partial charge on any atom is 0.490 e. The molecule has 29 heavy (non-hydrogen) atoms. The van der Waals surface area contributed by atoms with Crippen molar-refractivity contribution in [3.8, 4) is 0 Å². The van der Waals surface area contributed by atoms with Crippen LogP contribution in [0.25, 0.3) is 0 Å². The van der Waals surface area contributed by atoms with Crippen LogP contribution in [0.2, 0.25) is 0 Å². The van der Waals surface area contributed by atoms with Gasteiger partial charge in [-0.1, -0.05) is 0 Å². The predicted molar refractivity (Wildman–Crippen MR) is 102 cm³/mol. The zero-order chi connectivity index (χ0) is 21.9. The fraction of sp³-hybridized carbons (Fsp3) is 0.500. The van der Waals surface area contributed by atoms with Crippen LogP contribution in [0, 0.1) is 6.92 Å². The minimum atomic E-state index is -5.08. The van der Waals surface area contributed by atoms with E-state index in [1.807, 2.05) is 23.1 Å². The molecule has 0 spiro atoms. The highest BCUT2D eigenvalue weighted by atomic mass is 32.1. The summed E-state index contributed by atoms with van der Waals surface area (Å²) in [5.41, 5.74) is 2.92. The normalized spacial score (nSPS) is 14.0. The number of carbonyl (C=O) groups excluding carboxylic acids is 1. The van der Waals surface area contributed by atoms with Crippen molar-refractivity contribution in [2.24, 2.45) is 7.05 Å². The molecule has 3 heterocycles. The van der Waals surface area contributed by atoms with Crippen molar-refractivity contribution < 1.29 is 27.9 Å². The van der Waals surface area contributed by atoms with Gasteiger partial charge in [0.15, 0.2) is 5.69 Å². The summed E-state index contributed by atoms with van der Waals surface area (Å²) in [5.74, 6) is -2.76. The minimum Gasteiger partial charge on any atom is -0.475 e. The summed E-state index contributed by atoms with van der Waals surface area (Å²) in [6.07, 6.45) is -4.19. The Bertz CT molecular complexity index is 890. The first-order chi connectivity index (χ1) is 13.4. The lowest BCUT2D eigenvalue weighted by Gasteiger charge is -2.27. The number of alkyl halides is 3. The molecule has 0 fully saturated rings. The van der Waals surface area contributed by atoms with E-state index in [0.717, 1.165) is 31.6 Å². The molecule has 3 rings (SSSR count). The molecule has 0 aromatic carbocycles. The van der Waals surface area contributed by atoms with Gasteiger partial charge in [0.2, 0.25) is 0 Å². The van der Waals surface area contributed by atoms with Crippen molar-refractivity contribution in [1.82, 2.24) is 19.6 Å². The number of amides is 1. The van der Waals surface area contributed by atoms with E-state index in [0.29, 0.717) is 5.69 Å². The second-order valence-corrected chi connectivity index (χ2v) is 8.25. The van der Waals surface area contributed by atoms with E-state index in [9.17, 15) is 18.0 Å². The van der Waals surface area contributed by atoms with E-state index in [1.54, 1.807) is 19.0 Å². The lowest BCUT2D eigenvalue weighted by atomic mass is 10.0. The summed E-state index contributed by atoms with van der Waals surface area (Å²) < 4.78 is 33.6. The van der Waals surface area contributed by atoms with Crippen LogP contribution in [0.1, 0.15) is 31.5 Å². The van der Waals surface area contributed by atoms with Gasteiger partial charge in [-0.3, -0.25) is 14.4 Å². The van der Waals surface area contributed by atoms with E-state index >= 15 is 0 Å². The molecular weight excluding hydrogens is 409 g/mol. The number of carboxylic acid groups (broad SMARTS) is 1. The van der Waals surface area contributed by atoms with Crippen LogP contribution in [-0.4, -0.2) is 63.4 Å². The molecule has 1 aliphatic heterocycles.